The van der Waals surface area contributed by atoms with Gasteiger partial charge in [0.15, 0.2) is 0 Å². The quantitative estimate of drug-likeness (QED) is 0.913. The number of hydrogen-bond acceptors (Lipinski definition) is 2. The van der Waals surface area contributed by atoms with Crippen molar-refractivity contribution in [3.63, 3.8) is 0 Å². The lowest BCUT2D eigenvalue weighted by atomic mass is 10.2. The summed E-state index contributed by atoms with van der Waals surface area (Å²) in [7, 11) is 0. The highest BCUT2D eigenvalue weighted by Gasteiger charge is 2.02. The fraction of sp³-hybridized carbons (Fsp3) is 0.143. The predicted octanol–water partition coefficient (Wildman–Crippen LogP) is 4.17. The molecule has 0 fully saturated rings. The maximum absolute atomic E-state index is 9.16. The van der Waals surface area contributed by atoms with Crippen molar-refractivity contribution >= 4 is 27.5 Å². The number of ether oxygens (including phenoxy) is 1. The van der Waals surface area contributed by atoms with Crippen molar-refractivity contribution in [2.75, 3.05) is 0 Å². The third-order valence-corrected chi connectivity index (χ3v) is 3.49. The fourth-order valence-electron chi connectivity index (χ4n) is 1.56. The normalized spacial score (nSPS) is 10.4. The summed E-state index contributed by atoms with van der Waals surface area (Å²) in [6.45, 7) is 0.433. The van der Waals surface area contributed by atoms with Gasteiger partial charge in [0.25, 0.3) is 0 Å². The first-order valence-electron chi connectivity index (χ1n) is 5.45. The van der Waals surface area contributed by atoms with E-state index in [-0.39, 0.29) is 6.61 Å². The zero-order valence-corrected chi connectivity index (χ0v) is 11.9. The number of halogens is 2. The lowest BCUT2D eigenvalue weighted by Gasteiger charge is -2.09. The van der Waals surface area contributed by atoms with E-state index in [0.29, 0.717) is 11.6 Å². The average molecular weight is 328 g/mol. The summed E-state index contributed by atoms with van der Waals surface area (Å²) in [6.07, 6.45) is 0. The first-order chi connectivity index (χ1) is 8.69. The van der Waals surface area contributed by atoms with Crippen LogP contribution in [0.25, 0.3) is 0 Å². The maximum atomic E-state index is 9.16. The molecule has 0 aliphatic rings. The summed E-state index contributed by atoms with van der Waals surface area (Å²) < 4.78 is 6.53. The topological polar surface area (TPSA) is 29.5 Å². The molecule has 0 unspecified atom stereocenters. The molecule has 0 aromatic heterocycles. The van der Waals surface area contributed by atoms with Crippen molar-refractivity contribution in [3.8, 4) is 5.75 Å². The van der Waals surface area contributed by atoms with Crippen LogP contribution in [-0.4, -0.2) is 5.11 Å². The van der Waals surface area contributed by atoms with Crippen LogP contribution in [0, 0.1) is 0 Å². The molecule has 0 amide bonds. The first-order valence-corrected chi connectivity index (χ1v) is 6.62. The molecule has 2 rings (SSSR count). The maximum Gasteiger partial charge on any atom is 0.120 e. The van der Waals surface area contributed by atoms with Crippen molar-refractivity contribution in [1.29, 1.82) is 0 Å². The second-order valence-corrected chi connectivity index (χ2v) is 5.12. The number of hydrogen-bond donors (Lipinski definition) is 1. The van der Waals surface area contributed by atoms with Crippen LogP contribution in [0.1, 0.15) is 11.1 Å². The second kappa shape index (κ2) is 6.23. The molecule has 2 nitrogen and oxygen atoms in total. The van der Waals surface area contributed by atoms with Gasteiger partial charge in [-0.05, 0) is 41.5 Å². The molecule has 4 heteroatoms. The third-order valence-electron chi connectivity index (χ3n) is 2.48. The molecule has 1 N–H and O–H groups in total. The smallest absolute Gasteiger partial charge is 0.120 e. The molecular weight excluding hydrogens is 316 g/mol. The van der Waals surface area contributed by atoms with Crippen molar-refractivity contribution in [2.45, 2.75) is 13.2 Å². The Labute approximate surface area is 119 Å². The summed E-state index contributed by atoms with van der Waals surface area (Å²) in [5.74, 6) is 0.724. The Bertz CT molecular complexity index is 543. The average Bonchev–Trinajstić information content (AvgIpc) is 2.38. The zero-order valence-electron chi connectivity index (χ0n) is 9.57. The lowest BCUT2D eigenvalue weighted by Crippen LogP contribution is -1.96. The molecule has 0 aliphatic heterocycles. The molecule has 0 bridgehead atoms. The molecule has 94 valence electrons. The number of benzene rings is 2. The molecule has 0 spiro atoms. The first kappa shape index (κ1) is 13.4. The number of aliphatic hydroxyl groups excluding tert-OH is 1. The number of rotatable bonds is 4. The Morgan fingerprint density at radius 1 is 1.17 bits per heavy atom. The van der Waals surface area contributed by atoms with Crippen LogP contribution in [0.2, 0.25) is 5.02 Å². The minimum absolute atomic E-state index is 0.0189. The Balaban J connectivity index is 2.06. The molecule has 0 atom stereocenters. The van der Waals surface area contributed by atoms with Crippen LogP contribution in [-0.2, 0) is 13.2 Å². The Hall–Kier alpha value is -1.03. The van der Waals surface area contributed by atoms with E-state index >= 15 is 0 Å². The monoisotopic (exact) mass is 326 g/mol. The Kier molecular flexibility index (Phi) is 4.64. The van der Waals surface area contributed by atoms with Gasteiger partial charge in [0.05, 0.1) is 6.61 Å². The van der Waals surface area contributed by atoms with Gasteiger partial charge in [-0.25, -0.2) is 0 Å². The Morgan fingerprint density at radius 2 is 2.00 bits per heavy atom. The minimum atomic E-state index is -0.0189. The molecule has 0 saturated heterocycles. The van der Waals surface area contributed by atoms with Gasteiger partial charge in [-0.2, -0.15) is 0 Å². The highest BCUT2D eigenvalue weighted by molar-refractivity contribution is 9.10. The fourth-order valence-corrected chi connectivity index (χ4v) is 2.14. The van der Waals surface area contributed by atoms with Crippen LogP contribution in [0.3, 0.4) is 0 Å². The van der Waals surface area contributed by atoms with Gasteiger partial charge in [-0.1, -0.05) is 39.7 Å². The predicted molar refractivity (Wildman–Crippen MR) is 75.8 cm³/mol. The standard InChI is InChI=1S/C14H12BrClO2/c15-14-5-4-13(7-11(14)8-17)18-9-10-2-1-3-12(16)6-10/h1-7,17H,8-9H2. The van der Waals surface area contributed by atoms with E-state index in [9.17, 15) is 0 Å². The molecule has 2 aromatic rings. The van der Waals surface area contributed by atoms with E-state index in [4.69, 9.17) is 21.4 Å². The van der Waals surface area contributed by atoms with Crippen molar-refractivity contribution in [1.82, 2.24) is 0 Å². The van der Waals surface area contributed by atoms with Gasteiger partial charge in [-0.15, -0.1) is 0 Å². The van der Waals surface area contributed by atoms with E-state index < -0.39 is 0 Å². The summed E-state index contributed by atoms with van der Waals surface area (Å²) in [6, 6.07) is 13.1. The summed E-state index contributed by atoms with van der Waals surface area (Å²) >= 11 is 9.26. The van der Waals surface area contributed by atoms with Crippen LogP contribution in [0.4, 0.5) is 0 Å². The van der Waals surface area contributed by atoms with E-state index in [1.807, 2.05) is 42.5 Å². The van der Waals surface area contributed by atoms with Crippen LogP contribution >= 0.6 is 27.5 Å². The minimum Gasteiger partial charge on any atom is -0.489 e. The number of aliphatic hydroxyl groups is 1. The van der Waals surface area contributed by atoms with E-state index in [0.717, 1.165) is 21.3 Å². The van der Waals surface area contributed by atoms with Gasteiger partial charge in [0.1, 0.15) is 12.4 Å². The van der Waals surface area contributed by atoms with E-state index in [2.05, 4.69) is 15.9 Å². The highest BCUT2D eigenvalue weighted by Crippen LogP contribution is 2.23. The van der Waals surface area contributed by atoms with Gasteiger partial charge >= 0.3 is 0 Å². The largest absolute Gasteiger partial charge is 0.489 e. The summed E-state index contributed by atoms with van der Waals surface area (Å²) in [5, 5.41) is 9.86. The summed E-state index contributed by atoms with van der Waals surface area (Å²) in [4.78, 5) is 0. The van der Waals surface area contributed by atoms with E-state index in [1.165, 1.54) is 0 Å². The van der Waals surface area contributed by atoms with Crippen molar-refractivity contribution < 1.29 is 9.84 Å². The van der Waals surface area contributed by atoms with Crippen LogP contribution in [0.15, 0.2) is 46.9 Å². The molecule has 18 heavy (non-hydrogen) atoms. The zero-order chi connectivity index (χ0) is 13.0. The molecular formula is C14H12BrClO2. The molecule has 2 aromatic carbocycles. The van der Waals surface area contributed by atoms with E-state index in [1.54, 1.807) is 0 Å². The SMILES string of the molecule is OCc1cc(OCc2cccc(Cl)c2)ccc1Br. The van der Waals surface area contributed by atoms with Gasteiger partial charge in [0, 0.05) is 9.50 Å². The van der Waals surface area contributed by atoms with Crippen LogP contribution in [0.5, 0.6) is 5.75 Å². The molecule has 0 saturated carbocycles. The molecule has 0 aliphatic carbocycles. The second-order valence-electron chi connectivity index (χ2n) is 3.83. The molecule has 0 heterocycles. The highest BCUT2D eigenvalue weighted by atomic mass is 79.9. The van der Waals surface area contributed by atoms with Crippen molar-refractivity contribution in [3.05, 3.63) is 63.1 Å². The summed E-state index contributed by atoms with van der Waals surface area (Å²) in [5.41, 5.74) is 1.81. The molecule has 0 radical (unpaired) electrons. The van der Waals surface area contributed by atoms with Crippen LogP contribution < -0.4 is 4.74 Å². The van der Waals surface area contributed by atoms with Gasteiger partial charge in [-0.3, -0.25) is 0 Å². The van der Waals surface area contributed by atoms with Gasteiger partial charge in [0.2, 0.25) is 0 Å². The van der Waals surface area contributed by atoms with Crippen molar-refractivity contribution in [2.24, 2.45) is 0 Å². The third kappa shape index (κ3) is 3.48. The Morgan fingerprint density at radius 3 is 2.72 bits per heavy atom. The van der Waals surface area contributed by atoms with Gasteiger partial charge < -0.3 is 9.84 Å². The lowest BCUT2D eigenvalue weighted by molar-refractivity contribution is 0.277.